The number of rotatable bonds is 8. The van der Waals surface area contributed by atoms with E-state index in [1.165, 1.54) is 5.56 Å². The average Bonchev–Trinajstić information content (AvgIpc) is 3.92. The number of aliphatic hydroxyl groups is 2. The van der Waals surface area contributed by atoms with Gasteiger partial charge >= 0.3 is 0 Å². The Morgan fingerprint density at radius 2 is 1.73 bits per heavy atom. The number of Topliss-reactive ketones (excluding diaryl/α,β-unsaturated/α-hetero) is 1. The Balaban J connectivity index is 1.07. The molecule has 3 aliphatic carbocycles. The number of allylic oxidation sites excluding steroid dienone is 2. The zero-order valence-electron chi connectivity index (χ0n) is 40.6. The molecular formula is C59H67N3O7S2. The molecule has 8 bridgehead atoms. The highest BCUT2D eigenvalue weighted by atomic mass is 33.1. The molecule has 0 radical (unpaired) electrons. The first-order valence-electron chi connectivity index (χ1n) is 25.3. The lowest BCUT2D eigenvalue weighted by Crippen LogP contribution is -2.38. The van der Waals surface area contributed by atoms with Crippen molar-refractivity contribution in [3.8, 4) is 29.1 Å². The number of aryl methyl sites for hydroxylation is 2. The summed E-state index contributed by atoms with van der Waals surface area (Å²) < 4.78 is 6.19. The molecule has 9 rings (SSSR count). The topological polar surface area (TPSA) is 192 Å². The van der Waals surface area contributed by atoms with Crippen LogP contribution in [0, 0.1) is 34.5 Å². The zero-order chi connectivity index (χ0) is 49.7. The largest absolute Gasteiger partial charge is 0.508 e. The molecule has 12 heteroatoms. The minimum atomic E-state index is -0.799. The third-order valence-corrected chi connectivity index (χ3v) is 18.3. The van der Waals surface area contributed by atoms with Gasteiger partial charge in [0.25, 0.3) is 0 Å². The van der Waals surface area contributed by atoms with Crippen LogP contribution in [-0.4, -0.2) is 61.5 Å². The van der Waals surface area contributed by atoms with Crippen molar-refractivity contribution in [2.45, 2.75) is 120 Å². The fraction of sp³-hybridized carbons (Fsp3) is 0.424. The highest BCUT2D eigenvalue weighted by Crippen LogP contribution is 2.64. The maximum absolute atomic E-state index is 14.3. The van der Waals surface area contributed by atoms with Gasteiger partial charge in [-0.1, -0.05) is 94.1 Å². The van der Waals surface area contributed by atoms with Crippen molar-refractivity contribution in [2.75, 3.05) is 12.4 Å². The van der Waals surface area contributed by atoms with E-state index in [1.54, 1.807) is 58.1 Å². The van der Waals surface area contributed by atoms with Crippen molar-refractivity contribution in [1.82, 2.24) is 4.98 Å². The molecule has 2 saturated carbocycles. The normalized spacial score (nSPS) is 25.1. The zero-order valence-corrected chi connectivity index (χ0v) is 42.2. The highest BCUT2D eigenvalue weighted by molar-refractivity contribution is 8.76. The van der Waals surface area contributed by atoms with Crippen LogP contribution in [0.4, 0.5) is 0 Å². The maximum atomic E-state index is 14.3. The molecule has 71 heavy (non-hydrogen) atoms. The van der Waals surface area contributed by atoms with Gasteiger partial charge in [0, 0.05) is 70.7 Å². The number of H-pyrrole nitrogens is 1. The number of nitrogens with one attached hydrogen (secondary N) is 1. The minimum Gasteiger partial charge on any atom is -0.508 e. The number of aliphatic hydroxyl groups excluding tert-OH is 2. The number of aromatic hydroxyl groups is 2. The molecule has 5 aromatic rings. The van der Waals surface area contributed by atoms with E-state index < -0.39 is 29.7 Å². The van der Waals surface area contributed by atoms with Crippen molar-refractivity contribution in [3.63, 3.8) is 0 Å². The molecule has 7 atom stereocenters. The Bertz CT molecular complexity index is 2810. The summed E-state index contributed by atoms with van der Waals surface area (Å²) in [5.74, 6) is 8.18. The number of ether oxygens (including phenoxy) is 1. The maximum Gasteiger partial charge on any atom is 0.165 e. The smallest absolute Gasteiger partial charge is 0.165 e. The number of carbonyl (C=O) groups is 2. The van der Waals surface area contributed by atoms with Gasteiger partial charge in [0.1, 0.15) is 5.75 Å². The second-order valence-corrected chi connectivity index (χ2v) is 23.2. The Morgan fingerprint density at radius 1 is 0.930 bits per heavy atom. The van der Waals surface area contributed by atoms with Gasteiger partial charge in [-0.2, -0.15) is 0 Å². The van der Waals surface area contributed by atoms with Gasteiger partial charge in [0.05, 0.1) is 31.4 Å². The number of phenols is 2. The highest BCUT2D eigenvalue weighted by Gasteiger charge is 2.59. The standard InChI is InChI=1S/C59H67N3O7S2/c1-37(63)26-41(11-10-38-6-3-2-4-7-38)27-44-18-22-59-35-58(44,33-56(59)68)23-19-45(64)15-12-39-14-17-53(66)55(29-39)69-25-21-40-13-16-52(65)50(28-40)49-32-54(67)46-20-24-62-51(46)9-5-8-42-30-48(57(60)61)43(31-47(42)49)34-70-71-36-59/h2-4,6-7,13-14,16-17,19-20,23-24,28-31,37,41,44,49,56-57,62-63,65-66,68H,9-12,15,18,21-22,25-27,32-36,60-61H2,1H3/b23-19-/t37-,41-,44+,49+,56-,58-,59-/m0/s1. The van der Waals surface area contributed by atoms with Gasteiger partial charge in [-0.15, -0.1) is 0 Å². The molecule has 2 heterocycles. The molecule has 2 fully saturated rings. The van der Waals surface area contributed by atoms with Crippen LogP contribution in [0.3, 0.4) is 0 Å². The molecular weight excluding hydrogens is 927 g/mol. The van der Waals surface area contributed by atoms with Gasteiger partial charge in [0.2, 0.25) is 0 Å². The van der Waals surface area contributed by atoms with Gasteiger partial charge in [-0.3, -0.25) is 9.59 Å². The summed E-state index contributed by atoms with van der Waals surface area (Å²) in [7, 11) is 3.43. The Hall–Kier alpha value is -5.26. The second-order valence-electron chi connectivity index (χ2n) is 20.7. The van der Waals surface area contributed by atoms with Crippen LogP contribution in [0.15, 0.2) is 103 Å². The van der Waals surface area contributed by atoms with E-state index in [0.29, 0.717) is 66.0 Å². The Kier molecular flexibility index (Phi) is 15.9. The van der Waals surface area contributed by atoms with Crippen molar-refractivity contribution >= 4 is 33.2 Å². The molecule has 4 aromatic carbocycles. The predicted molar refractivity (Wildman–Crippen MR) is 283 cm³/mol. The van der Waals surface area contributed by atoms with Crippen molar-refractivity contribution in [3.05, 3.63) is 159 Å². The number of hydrogen-bond acceptors (Lipinski definition) is 11. The van der Waals surface area contributed by atoms with E-state index in [1.807, 2.05) is 37.3 Å². The summed E-state index contributed by atoms with van der Waals surface area (Å²) in [5.41, 5.74) is 20.4. The summed E-state index contributed by atoms with van der Waals surface area (Å²) >= 11 is 0. The summed E-state index contributed by atoms with van der Waals surface area (Å²) in [6.45, 7) is 2.09. The fourth-order valence-electron chi connectivity index (χ4n) is 12.1. The molecule has 10 nitrogen and oxygen atoms in total. The summed E-state index contributed by atoms with van der Waals surface area (Å²) in [6, 6.07) is 27.0. The molecule has 1 aliphatic heterocycles. The third-order valence-electron chi connectivity index (χ3n) is 15.8. The lowest BCUT2D eigenvalue weighted by molar-refractivity contribution is -0.114. The summed E-state index contributed by atoms with van der Waals surface area (Å²) in [6.07, 6.45) is 12.1. The molecule has 4 aliphatic rings. The Labute approximate surface area is 425 Å². The molecule has 0 saturated heterocycles. The quantitative estimate of drug-likeness (QED) is 0.0445. The SMILES string of the molecule is C[C@H](O)C[C@H](CCc1ccccc1)C[C@H]1CC[C@]23CSSCc4cc5c(cc4C(N)N)C#CCc4[nH]ccc4C(=O)C[C@H]5c4cc(ccc4O)CCOc4cc(ccc4O)CCC(=O)/C=C\[C@]1(C[C@@H]2O)C3. The van der Waals surface area contributed by atoms with Gasteiger partial charge in [-0.05, 0) is 152 Å². The second kappa shape index (κ2) is 22.2. The van der Waals surface area contributed by atoms with E-state index >= 15 is 0 Å². The average molecular weight is 994 g/mol. The molecule has 372 valence electrons. The van der Waals surface area contributed by atoms with E-state index in [2.05, 4.69) is 53.2 Å². The van der Waals surface area contributed by atoms with Crippen LogP contribution in [0.2, 0.25) is 0 Å². The molecule has 0 amide bonds. The first kappa shape index (κ1) is 50.7. The number of aromatic nitrogens is 1. The number of benzene rings is 4. The molecule has 1 aromatic heterocycles. The first-order chi connectivity index (χ1) is 34.3. The molecule has 0 unspecified atom stereocenters. The number of carbonyl (C=O) groups excluding carboxylic acids is 2. The number of nitrogens with two attached hydrogens (primary N) is 2. The van der Waals surface area contributed by atoms with Gasteiger partial charge in [-0.25, -0.2) is 0 Å². The minimum absolute atomic E-state index is 0.00216. The van der Waals surface area contributed by atoms with Crippen molar-refractivity contribution in [2.24, 2.45) is 34.1 Å². The molecule has 0 spiro atoms. The lowest BCUT2D eigenvalue weighted by atomic mass is 9.60. The number of fused-ring (bicyclic) bond motifs is 7. The number of phenolic OH excluding ortho intramolecular Hbond substituents is 2. The first-order valence-corrected chi connectivity index (χ1v) is 27.8. The van der Waals surface area contributed by atoms with E-state index in [4.69, 9.17) is 16.2 Å². The van der Waals surface area contributed by atoms with Crippen LogP contribution >= 0.6 is 21.6 Å². The van der Waals surface area contributed by atoms with E-state index in [-0.39, 0.29) is 59.8 Å². The van der Waals surface area contributed by atoms with Crippen molar-refractivity contribution < 1.29 is 34.8 Å². The lowest BCUT2D eigenvalue weighted by Gasteiger charge is -2.45. The summed E-state index contributed by atoms with van der Waals surface area (Å²) in [5, 5.41) is 45.5. The monoisotopic (exact) mass is 993 g/mol. The van der Waals surface area contributed by atoms with Crippen molar-refractivity contribution in [1.29, 1.82) is 0 Å². The van der Waals surface area contributed by atoms with Crippen LogP contribution in [0.25, 0.3) is 0 Å². The van der Waals surface area contributed by atoms with Crippen LogP contribution in [0.5, 0.6) is 17.2 Å². The van der Waals surface area contributed by atoms with Crippen LogP contribution < -0.4 is 16.2 Å². The Morgan fingerprint density at radius 3 is 2.54 bits per heavy atom. The van der Waals surface area contributed by atoms with Crippen LogP contribution in [0.1, 0.15) is 137 Å². The van der Waals surface area contributed by atoms with E-state index in [9.17, 15) is 30.0 Å². The van der Waals surface area contributed by atoms with E-state index in [0.717, 1.165) is 72.0 Å². The van der Waals surface area contributed by atoms with Crippen LogP contribution in [-0.2, 0) is 36.2 Å². The third kappa shape index (κ3) is 11.7. The van der Waals surface area contributed by atoms with Gasteiger partial charge < -0.3 is 41.6 Å². The fourth-order valence-corrected chi connectivity index (χ4v) is 14.9. The number of hydrogen-bond donors (Lipinski definition) is 7. The number of aromatic amines is 1. The predicted octanol–water partition coefficient (Wildman–Crippen LogP) is 10.2. The summed E-state index contributed by atoms with van der Waals surface area (Å²) in [4.78, 5) is 31.3. The molecule has 9 N–H and O–H groups in total. The number of ketones is 2. The van der Waals surface area contributed by atoms with Gasteiger partial charge in [0.15, 0.2) is 23.1 Å².